The molecule has 1 aromatic rings. The number of benzene rings is 1. The van der Waals surface area contributed by atoms with Gasteiger partial charge >= 0.3 is 6.18 Å². The molecule has 7 heteroatoms. The molecule has 1 aromatic carbocycles. The molecule has 0 aliphatic heterocycles. The number of rotatable bonds is 3. The van der Waals surface area contributed by atoms with Crippen molar-refractivity contribution in [2.24, 2.45) is 5.92 Å². The largest absolute Gasteiger partial charge is 0.405 e. The summed E-state index contributed by atoms with van der Waals surface area (Å²) in [4.78, 5) is 0.261. The lowest BCUT2D eigenvalue weighted by atomic mass is 10.2. The van der Waals surface area contributed by atoms with Crippen LogP contribution in [-0.2, 0) is 10.8 Å². The first-order valence-electron chi connectivity index (χ1n) is 4.45. The van der Waals surface area contributed by atoms with Crippen molar-refractivity contribution in [1.82, 2.24) is 0 Å². The van der Waals surface area contributed by atoms with E-state index in [1.807, 2.05) is 0 Å². The number of nitriles is 1. The second-order valence-electron chi connectivity index (χ2n) is 3.17. The van der Waals surface area contributed by atoms with Gasteiger partial charge in [-0.1, -0.05) is 12.1 Å². The Hall–Kier alpha value is -0.870. The molecule has 0 spiro atoms. The van der Waals surface area contributed by atoms with Gasteiger partial charge in [-0.05, 0) is 28.1 Å². The first-order valence-corrected chi connectivity index (χ1v) is 6.56. The number of nitrogens with zero attached hydrogens (tertiary/aromatic N) is 1. The van der Waals surface area contributed by atoms with Gasteiger partial charge in [-0.15, -0.1) is 0 Å². The van der Waals surface area contributed by atoms with Gasteiger partial charge in [0.25, 0.3) is 0 Å². The molecule has 0 bridgehead atoms. The van der Waals surface area contributed by atoms with E-state index in [2.05, 4.69) is 15.9 Å². The highest BCUT2D eigenvalue weighted by atomic mass is 79.9. The predicted molar refractivity (Wildman–Crippen MR) is 60.6 cm³/mol. The lowest BCUT2D eigenvalue weighted by Crippen LogP contribution is -2.26. The Balaban J connectivity index is 2.87. The summed E-state index contributed by atoms with van der Waals surface area (Å²) in [5.74, 6) is -2.96. The first kappa shape index (κ1) is 14.2. The van der Waals surface area contributed by atoms with Gasteiger partial charge in [0.15, 0.2) is 5.92 Å². The molecule has 0 heterocycles. The van der Waals surface area contributed by atoms with E-state index in [9.17, 15) is 17.4 Å². The molecule has 0 radical (unpaired) electrons. The summed E-state index contributed by atoms with van der Waals surface area (Å²) >= 11 is 3.10. The Morgan fingerprint density at radius 3 is 2.47 bits per heavy atom. The van der Waals surface area contributed by atoms with Gasteiger partial charge in [0.1, 0.15) is 0 Å². The molecule has 0 aliphatic rings. The van der Waals surface area contributed by atoms with Crippen molar-refractivity contribution in [3.8, 4) is 6.07 Å². The third-order valence-corrected chi connectivity index (χ3v) is 4.39. The van der Waals surface area contributed by atoms with Crippen LogP contribution < -0.4 is 0 Å². The highest BCUT2D eigenvalue weighted by Gasteiger charge is 2.41. The van der Waals surface area contributed by atoms with Crippen LogP contribution in [0.3, 0.4) is 0 Å². The maximum absolute atomic E-state index is 12.3. The molecular weight excluding hydrogens is 319 g/mol. The van der Waals surface area contributed by atoms with Gasteiger partial charge in [0.2, 0.25) is 0 Å². The Morgan fingerprint density at radius 2 is 2.00 bits per heavy atom. The molecule has 0 saturated carbocycles. The van der Waals surface area contributed by atoms with Crippen molar-refractivity contribution in [3.05, 3.63) is 28.7 Å². The third-order valence-electron chi connectivity index (χ3n) is 1.95. The van der Waals surface area contributed by atoms with Crippen molar-refractivity contribution in [3.63, 3.8) is 0 Å². The Morgan fingerprint density at radius 1 is 1.41 bits per heavy atom. The summed E-state index contributed by atoms with van der Waals surface area (Å²) in [7, 11) is -1.86. The molecule has 0 aromatic heterocycles. The van der Waals surface area contributed by atoms with Gasteiger partial charge < -0.3 is 0 Å². The fraction of sp³-hybridized carbons (Fsp3) is 0.300. The maximum atomic E-state index is 12.3. The molecule has 2 atom stereocenters. The summed E-state index contributed by atoms with van der Waals surface area (Å²) in [6.45, 7) is 0. The first-order chi connectivity index (χ1) is 7.86. The van der Waals surface area contributed by atoms with Crippen LogP contribution in [0, 0.1) is 17.2 Å². The lowest BCUT2D eigenvalue weighted by Gasteiger charge is -2.13. The molecule has 2 unspecified atom stereocenters. The van der Waals surface area contributed by atoms with E-state index in [0.717, 1.165) is 6.07 Å². The number of hydrogen-bond acceptors (Lipinski definition) is 2. The summed E-state index contributed by atoms with van der Waals surface area (Å²) in [6.07, 6.45) is -4.65. The summed E-state index contributed by atoms with van der Waals surface area (Å²) < 4.78 is 49.2. The maximum Gasteiger partial charge on any atom is 0.405 e. The number of hydrogen-bond donors (Lipinski definition) is 0. The zero-order valence-electron chi connectivity index (χ0n) is 8.37. The van der Waals surface area contributed by atoms with Crippen molar-refractivity contribution >= 4 is 26.7 Å². The Labute approximate surface area is 107 Å². The standard InChI is InChI=1S/C10H7BrF3NOS/c11-8-3-1-2-4-9(8)17(16)6-7(5-15)10(12,13)14/h1-4,7H,6H2. The third kappa shape index (κ3) is 3.82. The van der Waals surface area contributed by atoms with E-state index in [4.69, 9.17) is 5.26 Å². The normalized spacial score (nSPS) is 15.0. The van der Waals surface area contributed by atoms with Crippen LogP contribution in [-0.4, -0.2) is 16.1 Å². The highest BCUT2D eigenvalue weighted by molar-refractivity contribution is 9.10. The fourth-order valence-corrected chi connectivity index (χ4v) is 3.16. The number of alkyl halides is 3. The van der Waals surface area contributed by atoms with Crippen LogP contribution in [0.25, 0.3) is 0 Å². The molecule has 0 aliphatic carbocycles. The molecule has 0 saturated heterocycles. The number of halogens is 4. The molecule has 0 amide bonds. The SMILES string of the molecule is N#CC(CS(=O)c1ccccc1Br)C(F)(F)F. The molecule has 0 N–H and O–H groups in total. The summed E-state index contributed by atoms with van der Waals surface area (Å²) in [5, 5.41) is 8.41. The minimum atomic E-state index is -4.65. The molecular formula is C10H7BrF3NOS. The second kappa shape index (κ2) is 5.65. The van der Waals surface area contributed by atoms with Gasteiger partial charge in [-0.3, -0.25) is 4.21 Å². The second-order valence-corrected chi connectivity index (χ2v) is 5.48. The average molecular weight is 326 g/mol. The van der Waals surface area contributed by atoms with Crippen LogP contribution in [0.4, 0.5) is 13.2 Å². The molecule has 1 rings (SSSR count). The predicted octanol–water partition coefficient (Wildman–Crippen LogP) is 3.26. The van der Waals surface area contributed by atoms with E-state index < -0.39 is 28.6 Å². The molecule has 0 fully saturated rings. The quantitative estimate of drug-likeness (QED) is 0.855. The van der Waals surface area contributed by atoms with E-state index in [1.165, 1.54) is 6.07 Å². The van der Waals surface area contributed by atoms with E-state index in [0.29, 0.717) is 4.47 Å². The van der Waals surface area contributed by atoms with E-state index in [-0.39, 0.29) is 4.90 Å². The fourth-order valence-electron chi connectivity index (χ4n) is 1.08. The average Bonchev–Trinajstić information content (AvgIpc) is 2.24. The van der Waals surface area contributed by atoms with E-state index in [1.54, 1.807) is 18.2 Å². The summed E-state index contributed by atoms with van der Waals surface area (Å²) in [5.41, 5.74) is 0. The Kier molecular flexibility index (Phi) is 4.71. The minimum absolute atomic E-state index is 0.261. The van der Waals surface area contributed by atoms with Crippen LogP contribution in [0.15, 0.2) is 33.6 Å². The van der Waals surface area contributed by atoms with Gasteiger partial charge in [0, 0.05) is 4.47 Å². The molecule has 92 valence electrons. The lowest BCUT2D eigenvalue weighted by molar-refractivity contribution is -0.153. The van der Waals surface area contributed by atoms with Crippen molar-refractivity contribution < 1.29 is 17.4 Å². The van der Waals surface area contributed by atoms with Crippen LogP contribution in [0.5, 0.6) is 0 Å². The molecule has 2 nitrogen and oxygen atoms in total. The van der Waals surface area contributed by atoms with Gasteiger partial charge in [0.05, 0.1) is 27.5 Å². The van der Waals surface area contributed by atoms with Crippen molar-refractivity contribution in [1.29, 1.82) is 5.26 Å². The Bertz CT molecular complexity index is 469. The van der Waals surface area contributed by atoms with Gasteiger partial charge in [-0.25, -0.2) is 0 Å². The van der Waals surface area contributed by atoms with Gasteiger partial charge in [-0.2, -0.15) is 18.4 Å². The zero-order chi connectivity index (χ0) is 13.1. The van der Waals surface area contributed by atoms with Crippen LogP contribution in [0.1, 0.15) is 0 Å². The highest BCUT2D eigenvalue weighted by Crippen LogP contribution is 2.29. The topological polar surface area (TPSA) is 40.9 Å². The minimum Gasteiger partial charge on any atom is -0.254 e. The summed E-state index contributed by atoms with van der Waals surface area (Å²) in [6, 6.07) is 7.42. The monoisotopic (exact) mass is 325 g/mol. The van der Waals surface area contributed by atoms with Crippen molar-refractivity contribution in [2.45, 2.75) is 11.1 Å². The zero-order valence-corrected chi connectivity index (χ0v) is 10.8. The molecule has 17 heavy (non-hydrogen) atoms. The van der Waals surface area contributed by atoms with E-state index >= 15 is 0 Å². The van der Waals surface area contributed by atoms with Crippen LogP contribution in [0.2, 0.25) is 0 Å². The van der Waals surface area contributed by atoms with Crippen LogP contribution >= 0.6 is 15.9 Å². The smallest absolute Gasteiger partial charge is 0.254 e. The van der Waals surface area contributed by atoms with Crippen molar-refractivity contribution in [2.75, 3.05) is 5.75 Å².